The summed E-state index contributed by atoms with van der Waals surface area (Å²) in [5.41, 5.74) is -1.31. The van der Waals surface area contributed by atoms with Gasteiger partial charge < -0.3 is 9.84 Å². The minimum absolute atomic E-state index is 0.326. The average molecular weight is 274 g/mol. The van der Waals surface area contributed by atoms with Crippen LogP contribution in [0.25, 0.3) is 0 Å². The molecule has 4 nitrogen and oxygen atoms in total. The molecule has 1 N–H and O–H groups in total. The number of carboxylic acids is 1. The molecule has 1 aromatic carbocycles. The molecular formula is C12H9F3O4. The van der Waals surface area contributed by atoms with E-state index in [0.717, 1.165) is 12.1 Å². The summed E-state index contributed by atoms with van der Waals surface area (Å²) in [7, 11) is 0. The van der Waals surface area contributed by atoms with E-state index in [4.69, 9.17) is 9.84 Å². The molecule has 1 fully saturated rings. The molecule has 2 atom stereocenters. The molecule has 7 heteroatoms. The topological polar surface area (TPSA) is 63.6 Å². The van der Waals surface area contributed by atoms with Gasteiger partial charge >= 0.3 is 18.1 Å². The molecular weight excluding hydrogens is 265 g/mol. The molecule has 1 aliphatic rings. The van der Waals surface area contributed by atoms with Crippen molar-refractivity contribution in [2.45, 2.75) is 18.7 Å². The number of benzene rings is 1. The van der Waals surface area contributed by atoms with Gasteiger partial charge in [0.2, 0.25) is 0 Å². The fraction of sp³-hybridized carbons (Fsp3) is 0.333. The highest BCUT2D eigenvalue weighted by Gasteiger charge is 2.45. The smallest absolute Gasteiger partial charge is 0.416 e. The fourth-order valence-corrected chi connectivity index (χ4v) is 2.06. The number of carbonyl (C=O) groups is 2. The van der Waals surface area contributed by atoms with Crippen LogP contribution in [0, 0.1) is 5.92 Å². The van der Waals surface area contributed by atoms with Gasteiger partial charge in [-0.25, -0.2) is 0 Å². The number of aliphatic carboxylic acids is 1. The van der Waals surface area contributed by atoms with E-state index in [-0.39, 0.29) is 5.56 Å². The van der Waals surface area contributed by atoms with Crippen molar-refractivity contribution in [3.05, 3.63) is 35.4 Å². The quantitative estimate of drug-likeness (QED) is 0.841. The Kier molecular flexibility index (Phi) is 3.21. The molecule has 0 radical (unpaired) electrons. The third-order valence-electron chi connectivity index (χ3n) is 2.90. The highest BCUT2D eigenvalue weighted by molar-refractivity contribution is 5.83. The Morgan fingerprint density at radius 3 is 2.53 bits per heavy atom. The molecule has 0 saturated carbocycles. The van der Waals surface area contributed by atoms with Crippen molar-refractivity contribution in [2.24, 2.45) is 5.92 Å². The Labute approximate surface area is 105 Å². The lowest BCUT2D eigenvalue weighted by Crippen LogP contribution is -2.20. The zero-order valence-electron chi connectivity index (χ0n) is 9.48. The minimum atomic E-state index is -4.63. The number of carboxylic acid groups (broad SMARTS) is 1. The number of carbonyl (C=O) groups excluding carboxylic acids is 1. The predicted octanol–water partition coefficient (Wildman–Crippen LogP) is 2.39. The molecule has 19 heavy (non-hydrogen) atoms. The zero-order valence-corrected chi connectivity index (χ0v) is 9.48. The average Bonchev–Trinajstić information content (AvgIpc) is 2.70. The summed E-state index contributed by atoms with van der Waals surface area (Å²) in [6.07, 6.45) is -6.45. The van der Waals surface area contributed by atoms with E-state index < -0.39 is 42.1 Å². The van der Waals surface area contributed by atoms with Crippen LogP contribution >= 0.6 is 0 Å². The molecule has 1 saturated heterocycles. The predicted molar refractivity (Wildman–Crippen MR) is 56.0 cm³/mol. The van der Waals surface area contributed by atoms with Crippen molar-refractivity contribution in [2.75, 3.05) is 0 Å². The van der Waals surface area contributed by atoms with Gasteiger partial charge in [0.15, 0.2) is 0 Å². The molecule has 2 unspecified atom stereocenters. The van der Waals surface area contributed by atoms with Gasteiger partial charge in [-0.15, -0.1) is 0 Å². The van der Waals surface area contributed by atoms with E-state index in [2.05, 4.69) is 0 Å². The number of halogens is 3. The second-order valence-corrected chi connectivity index (χ2v) is 4.14. The number of alkyl halides is 3. The van der Waals surface area contributed by atoms with E-state index in [1.807, 2.05) is 0 Å². The Balaban J connectivity index is 2.47. The lowest BCUT2D eigenvalue weighted by molar-refractivity contribution is -0.148. The number of cyclic esters (lactones) is 1. The van der Waals surface area contributed by atoms with Crippen molar-refractivity contribution >= 4 is 11.9 Å². The van der Waals surface area contributed by atoms with Gasteiger partial charge in [-0.3, -0.25) is 9.59 Å². The molecule has 1 aliphatic heterocycles. The van der Waals surface area contributed by atoms with Gasteiger partial charge in [-0.1, -0.05) is 18.2 Å². The van der Waals surface area contributed by atoms with Crippen molar-refractivity contribution < 1.29 is 32.6 Å². The van der Waals surface area contributed by atoms with Crippen LogP contribution in [0.4, 0.5) is 13.2 Å². The molecule has 1 aromatic rings. The van der Waals surface area contributed by atoms with Crippen LogP contribution < -0.4 is 0 Å². The molecule has 0 bridgehead atoms. The first-order valence-corrected chi connectivity index (χ1v) is 5.39. The van der Waals surface area contributed by atoms with E-state index >= 15 is 0 Å². The maximum Gasteiger partial charge on any atom is 0.416 e. The van der Waals surface area contributed by atoms with Gasteiger partial charge in [-0.05, 0) is 6.07 Å². The third-order valence-corrected chi connectivity index (χ3v) is 2.90. The maximum absolute atomic E-state index is 12.8. The minimum Gasteiger partial charge on any atom is -0.481 e. The molecule has 0 spiro atoms. The van der Waals surface area contributed by atoms with E-state index in [1.165, 1.54) is 12.1 Å². The highest BCUT2D eigenvalue weighted by atomic mass is 19.4. The summed E-state index contributed by atoms with van der Waals surface area (Å²) in [5, 5.41) is 8.94. The Bertz CT molecular complexity index is 524. The summed E-state index contributed by atoms with van der Waals surface area (Å²) < 4.78 is 43.3. The number of esters is 1. The van der Waals surface area contributed by atoms with Gasteiger partial charge in [0.25, 0.3) is 0 Å². The summed E-state index contributed by atoms with van der Waals surface area (Å²) >= 11 is 0. The summed E-state index contributed by atoms with van der Waals surface area (Å²) in [5.74, 6) is -3.46. The first-order chi connectivity index (χ1) is 8.80. The fourth-order valence-electron chi connectivity index (χ4n) is 2.06. The Hall–Kier alpha value is -2.05. The summed E-state index contributed by atoms with van der Waals surface area (Å²) in [6.45, 7) is 0. The Morgan fingerprint density at radius 1 is 1.32 bits per heavy atom. The molecule has 102 valence electrons. The number of rotatable bonds is 2. The zero-order chi connectivity index (χ0) is 14.2. The van der Waals surface area contributed by atoms with Crippen LogP contribution in [0.5, 0.6) is 0 Å². The molecule has 0 aromatic heterocycles. The molecule has 0 aliphatic carbocycles. The van der Waals surface area contributed by atoms with E-state index in [0.29, 0.717) is 0 Å². The standard InChI is InChI=1S/C12H9F3O4/c13-12(14,15)8-4-2-1-3-6(8)10-7(11(17)18)5-9(16)19-10/h1-4,7,10H,5H2,(H,17,18). The lowest BCUT2D eigenvalue weighted by Gasteiger charge is -2.19. The van der Waals surface area contributed by atoms with E-state index in [9.17, 15) is 22.8 Å². The first kappa shape index (κ1) is 13.4. The van der Waals surface area contributed by atoms with Crippen molar-refractivity contribution in [1.82, 2.24) is 0 Å². The third kappa shape index (κ3) is 2.54. The van der Waals surface area contributed by atoms with Gasteiger partial charge in [0.1, 0.15) is 12.0 Å². The molecule has 0 amide bonds. The van der Waals surface area contributed by atoms with Gasteiger partial charge in [0, 0.05) is 5.56 Å². The van der Waals surface area contributed by atoms with Crippen LogP contribution in [0.2, 0.25) is 0 Å². The molecule has 1 heterocycles. The molecule has 2 rings (SSSR count). The summed E-state index contributed by atoms with van der Waals surface area (Å²) in [4.78, 5) is 22.1. The number of hydrogen-bond acceptors (Lipinski definition) is 3. The van der Waals surface area contributed by atoms with Crippen LogP contribution in [-0.4, -0.2) is 17.0 Å². The normalized spacial score (nSPS) is 23.2. The monoisotopic (exact) mass is 274 g/mol. The van der Waals surface area contributed by atoms with Crippen LogP contribution in [0.15, 0.2) is 24.3 Å². The van der Waals surface area contributed by atoms with Crippen LogP contribution in [0.1, 0.15) is 23.7 Å². The number of ether oxygens (including phenoxy) is 1. The van der Waals surface area contributed by atoms with E-state index in [1.54, 1.807) is 0 Å². The summed E-state index contributed by atoms with van der Waals surface area (Å²) in [6, 6.07) is 4.50. The van der Waals surface area contributed by atoms with Crippen LogP contribution in [0.3, 0.4) is 0 Å². The lowest BCUT2D eigenvalue weighted by atomic mass is 9.92. The van der Waals surface area contributed by atoms with Crippen molar-refractivity contribution in [1.29, 1.82) is 0 Å². The van der Waals surface area contributed by atoms with Gasteiger partial charge in [-0.2, -0.15) is 13.2 Å². The highest BCUT2D eigenvalue weighted by Crippen LogP contribution is 2.41. The largest absolute Gasteiger partial charge is 0.481 e. The van der Waals surface area contributed by atoms with Gasteiger partial charge in [0.05, 0.1) is 12.0 Å². The number of hydrogen-bond donors (Lipinski definition) is 1. The second kappa shape index (κ2) is 4.56. The van der Waals surface area contributed by atoms with Crippen molar-refractivity contribution in [3.63, 3.8) is 0 Å². The second-order valence-electron chi connectivity index (χ2n) is 4.14. The maximum atomic E-state index is 12.8. The SMILES string of the molecule is O=C1CC(C(=O)O)C(c2ccccc2C(F)(F)F)O1. The first-order valence-electron chi connectivity index (χ1n) is 5.39. The Morgan fingerprint density at radius 2 is 1.95 bits per heavy atom. The van der Waals surface area contributed by atoms with Crippen molar-refractivity contribution in [3.8, 4) is 0 Å². The van der Waals surface area contributed by atoms with Crippen LogP contribution in [-0.2, 0) is 20.5 Å².